The van der Waals surface area contributed by atoms with Gasteiger partial charge in [0.15, 0.2) is 6.29 Å². The molecule has 3 rings (SSSR count). The average molecular weight is 555 g/mol. The molecule has 0 saturated carbocycles. The van der Waals surface area contributed by atoms with Gasteiger partial charge in [-0.2, -0.15) is 0 Å². The second-order valence-corrected chi connectivity index (χ2v) is 10.9. The molecule has 3 saturated heterocycles. The van der Waals surface area contributed by atoms with Crippen LogP contribution in [0.3, 0.4) is 0 Å². The summed E-state index contributed by atoms with van der Waals surface area (Å²) in [4.78, 5) is 38.7. The van der Waals surface area contributed by atoms with E-state index in [-0.39, 0.29) is 18.2 Å². The number of hydrogen-bond donors (Lipinski definition) is 4. The predicted octanol–water partition coefficient (Wildman–Crippen LogP) is 2.65. The lowest BCUT2D eigenvalue weighted by atomic mass is 9.99. The first kappa shape index (κ1) is 31.5. The summed E-state index contributed by atoms with van der Waals surface area (Å²) in [5.74, 6) is -1.02. The van der Waals surface area contributed by atoms with Gasteiger partial charge in [-0.25, -0.2) is 4.79 Å². The van der Waals surface area contributed by atoms with Crippen molar-refractivity contribution in [2.45, 2.75) is 140 Å². The first-order valence-electron chi connectivity index (χ1n) is 14.6. The number of cyclic esters (lactones) is 1. The van der Waals surface area contributed by atoms with Gasteiger partial charge in [-0.1, -0.05) is 64.7 Å². The van der Waals surface area contributed by atoms with Crippen LogP contribution in [0.2, 0.25) is 0 Å². The van der Waals surface area contributed by atoms with Gasteiger partial charge in [-0.3, -0.25) is 19.8 Å². The first-order chi connectivity index (χ1) is 18.7. The zero-order chi connectivity index (χ0) is 28.4. The normalized spacial score (nSPS) is 30.3. The van der Waals surface area contributed by atoms with Crippen molar-refractivity contribution in [3.63, 3.8) is 0 Å². The lowest BCUT2D eigenvalue weighted by molar-refractivity contribution is -0.304. The Morgan fingerprint density at radius 2 is 1.72 bits per heavy atom. The summed E-state index contributed by atoms with van der Waals surface area (Å²) < 4.78 is 16.7. The van der Waals surface area contributed by atoms with Crippen molar-refractivity contribution in [2.75, 3.05) is 6.54 Å². The number of unbranched alkanes of at least 4 members (excludes halogenated alkanes) is 8. The van der Waals surface area contributed by atoms with E-state index in [1.165, 1.54) is 32.1 Å². The minimum Gasteiger partial charge on any atom is -0.412 e. The van der Waals surface area contributed by atoms with Crippen LogP contribution >= 0.6 is 0 Å². The number of nitrogens with zero attached hydrogens (tertiary/aromatic N) is 1. The van der Waals surface area contributed by atoms with Crippen LogP contribution in [-0.2, 0) is 23.8 Å². The van der Waals surface area contributed by atoms with Crippen LogP contribution in [-0.4, -0.2) is 87.5 Å². The number of carbonyl (C=O) groups is 3. The van der Waals surface area contributed by atoms with E-state index in [4.69, 9.17) is 14.2 Å². The molecule has 3 fully saturated rings. The van der Waals surface area contributed by atoms with E-state index >= 15 is 0 Å². The van der Waals surface area contributed by atoms with Crippen molar-refractivity contribution in [2.24, 2.45) is 0 Å². The number of imide groups is 1. The lowest BCUT2D eigenvalue weighted by Gasteiger charge is -2.40. The molecule has 11 nitrogen and oxygen atoms in total. The molecule has 0 spiro atoms. The van der Waals surface area contributed by atoms with Gasteiger partial charge in [0, 0.05) is 12.6 Å². The molecule has 1 unspecified atom stereocenters. The fraction of sp³-hybridized carbons (Fsp3) is 0.821. The summed E-state index contributed by atoms with van der Waals surface area (Å²) >= 11 is 0. The van der Waals surface area contributed by atoms with Crippen LogP contribution in [0, 0.1) is 0 Å². The molecule has 0 aromatic carbocycles. The molecule has 39 heavy (non-hydrogen) atoms. The van der Waals surface area contributed by atoms with Gasteiger partial charge in [0.2, 0.25) is 5.91 Å². The summed E-state index contributed by atoms with van der Waals surface area (Å²) in [5.41, 5.74) is 0. The van der Waals surface area contributed by atoms with Crippen LogP contribution in [0.25, 0.3) is 0 Å². The largest absolute Gasteiger partial charge is 0.415 e. The summed E-state index contributed by atoms with van der Waals surface area (Å²) in [7, 11) is 0. The van der Waals surface area contributed by atoms with Crippen LogP contribution in [0.1, 0.15) is 97.3 Å². The highest BCUT2D eigenvalue weighted by Crippen LogP contribution is 2.31. The Hall–Kier alpha value is -2.05. The lowest BCUT2D eigenvalue weighted by Crippen LogP contribution is -2.58. The molecule has 0 aromatic rings. The third kappa shape index (κ3) is 9.24. The minimum atomic E-state index is -1.48. The van der Waals surface area contributed by atoms with E-state index in [0.717, 1.165) is 38.2 Å². The van der Waals surface area contributed by atoms with E-state index < -0.39 is 54.7 Å². The number of hydrogen-bond acceptors (Lipinski definition) is 9. The Morgan fingerprint density at radius 1 is 1.05 bits per heavy atom. The third-order valence-electron chi connectivity index (χ3n) is 7.73. The molecule has 0 radical (unpaired) electrons. The van der Waals surface area contributed by atoms with Crippen molar-refractivity contribution in [1.82, 2.24) is 10.2 Å². The molecule has 0 aromatic heterocycles. The van der Waals surface area contributed by atoms with Gasteiger partial charge in [0.1, 0.15) is 24.1 Å². The third-order valence-corrected chi connectivity index (χ3v) is 7.73. The highest BCUT2D eigenvalue weighted by molar-refractivity contribution is 6.01. The number of nitrogens with one attached hydrogen (secondary N) is 1. The number of fused-ring (bicyclic) bond motifs is 1. The average Bonchev–Trinajstić information content (AvgIpc) is 3.49. The standard InChI is InChI=1S/C28H46N2O9/c1-3-4-5-6-7-8-9-10-11-13-19(38-27-26(35)25(34)24(33)18(2)37-27)16-22(31)29-23(32)17-21-20-14-12-15-30(20)28(36)39-21/h17-20,24-27,33-35H,3-16H2,1-2H3,(H,29,31,32)/b21-17+/t18-,19?,20+,24-,25+,26+,27-/m0/s1. The molecule has 11 heteroatoms. The van der Waals surface area contributed by atoms with E-state index in [1.54, 1.807) is 11.8 Å². The first-order valence-corrected chi connectivity index (χ1v) is 14.6. The summed E-state index contributed by atoms with van der Waals surface area (Å²) in [6.07, 6.45) is 5.81. The van der Waals surface area contributed by atoms with Crippen LogP contribution < -0.4 is 5.32 Å². The number of carbonyl (C=O) groups excluding carboxylic acids is 3. The van der Waals surface area contributed by atoms with Crippen LogP contribution in [0.15, 0.2) is 11.8 Å². The molecular formula is C28H46N2O9. The van der Waals surface area contributed by atoms with Gasteiger partial charge >= 0.3 is 6.09 Å². The van der Waals surface area contributed by atoms with E-state index in [1.807, 2.05) is 0 Å². The Kier molecular flexibility index (Phi) is 12.6. The number of rotatable bonds is 15. The monoisotopic (exact) mass is 554 g/mol. The Bertz CT molecular complexity index is 851. The zero-order valence-electron chi connectivity index (χ0n) is 23.3. The Balaban J connectivity index is 1.51. The van der Waals surface area contributed by atoms with Crippen LogP contribution in [0.5, 0.6) is 0 Å². The van der Waals surface area contributed by atoms with Crippen molar-refractivity contribution in [3.05, 3.63) is 11.8 Å². The second kappa shape index (κ2) is 15.7. The number of ether oxygens (including phenoxy) is 3. The predicted molar refractivity (Wildman–Crippen MR) is 141 cm³/mol. The van der Waals surface area contributed by atoms with Gasteiger partial charge in [0.05, 0.1) is 24.7 Å². The smallest absolute Gasteiger partial charge is 0.412 e. The Morgan fingerprint density at radius 3 is 2.41 bits per heavy atom. The molecule has 222 valence electrons. The van der Waals surface area contributed by atoms with Crippen molar-refractivity contribution < 1.29 is 43.9 Å². The summed E-state index contributed by atoms with van der Waals surface area (Å²) in [5, 5.41) is 32.8. The number of aliphatic hydroxyl groups is 3. The van der Waals surface area contributed by atoms with Crippen molar-refractivity contribution in [1.29, 1.82) is 0 Å². The van der Waals surface area contributed by atoms with E-state index in [2.05, 4.69) is 12.2 Å². The zero-order valence-corrected chi connectivity index (χ0v) is 23.3. The molecule has 3 aliphatic rings. The molecular weight excluding hydrogens is 508 g/mol. The molecule has 3 heterocycles. The molecule has 4 N–H and O–H groups in total. The second-order valence-electron chi connectivity index (χ2n) is 10.9. The molecule has 7 atom stereocenters. The van der Waals surface area contributed by atoms with Crippen LogP contribution in [0.4, 0.5) is 4.79 Å². The minimum absolute atomic E-state index is 0.166. The number of amides is 3. The topological polar surface area (TPSA) is 155 Å². The fourth-order valence-corrected chi connectivity index (χ4v) is 5.41. The van der Waals surface area contributed by atoms with E-state index in [9.17, 15) is 29.7 Å². The van der Waals surface area contributed by atoms with E-state index in [0.29, 0.717) is 19.4 Å². The van der Waals surface area contributed by atoms with Crippen molar-refractivity contribution >= 4 is 17.9 Å². The maximum Gasteiger partial charge on any atom is 0.415 e. The van der Waals surface area contributed by atoms with Gasteiger partial charge in [-0.05, 0) is 26.2 Å². The van der Waals surface area contributed by atoms with Gasteiger partial charge in [0.25, 0.3) is 5.91 Å². The van der Waals surface area contributed by atoms with Gasteiger partial charge < -0.3 is 29.5 Å². The summed E-state index contributed by atoms with van der Waals surface area (Å²) in [6, 6.07) is -0.269. The van der Waals surface area contributed by atoms with Crippen molar-refractivity contribution in [3.8, 4) is 0 Å². The maximum atomic E-state index is 12.7. The molecule has 3 aliphatic heterocycles. The SMILES string of the molecule is CCCCCCCCCCCC(CC(=O)NC(=O)/C=C1/OC(=O)N2CCC[C@H]12)O[C@@H]1O[C@@H](C)[C@H](O)[C@@H](O)[C@H]1O. The quantitative estimate of drug-likeness (QED) is 0.177. The Labute approximate surface area is 230 Å². The highest BCUT2D eigenvalue weighted by Gasteiger charge is 2.44. The molecule has 0 bridgehead atoms. The number of aliphatic hydroxyl groups excluding tert-OH is 3. The maximum absolute atomic E-state index is 12.7. The van der Waals surface area contributed by atoms with Gasteiger partial charge in [-0.15, -0.1) is 0 Å². The summed E-state index contributed by atoms with van der Waals surface area (Å²) in [6.45, 7) is 4.34. The molecule has 0 aliphatic carbocycles. The fourth-order valence-electron chi connectivity index (χ4n) is 5.41. The highest BCUT2D eigenvalue weighted by atomic mass is 16.7. The molecule has 3 amide bonds.